The number of halogens is 7. The summed E-state index contributed by atoms with van der Waals surface area (Å²) in [6, 6.07) is 10.1. The molecule has 1 atom stereocenters. The molecule has 1 saturated heterocycles. The van der Waals surface area contributed by atoms with Crippen molar-refractivity contribution in [1.82, 2.24) is 14.0 Å². The molecule has 16 heteroatoms. The number of hydrogen-bond acceptors (Lipinski definition) is 7. The highest BCUT2D eigenvalue weighted by atomic mass is 19.4. The van der Waals surface area contributed by atoms with Crippen LogP contribution in [0.2, 0.25) is 0 Å². The lowest BCUT2D eigenvalue weighted by molar-refractivity contribution is -0.153. The van der Waals surface area contributed by atoms with Gasteiger partial charge in [0.05, 0.1) is 43.1 Å². The van der Waals surface area contributed by atoms with Crippen molar-refractivity contribution >= 4 is 5.69 Å². The zero-order valence-corrected chi connectivity index (χ0v) is 25.2. The molecule has 1 spiro atoms. The molecule has 2 aromatic carbocycles. The van der Waals surface area contributed by atoms with Gasteiger partial charge in [0, 0.05) is 30.4 Å². The number of ether oxygens (including phenoxy) is 1. The molecular weight excluding hydrogens is 651 g/mol. The molecule has 2 aliphatic rings. The van der Waals surface area contributed by atoms with Gasteiger partial charge in [-0.3, -0.25) is 18.8 Å². The first kappa shape index (κ1) is 33.5. The Bertz CT molecular complexity index is 1960. The van der Waals surface area contributed by atoms with E-state index < -0.39 is 64.5 Å². The second-order valence-corrected chi connectivity index (χ2v) is 12.0. The van der Waals surface area contributed by atoms with E-state index in [4.69, 9.17) is 20.6 Å². The van der Waals surface area contributed by atoms with Gasteiger partial charge in [-0.05, 0) is 54.8 Å². The smallest absolute Gasteiger partial charge is 0.449 e. The van der Waals surface area contributed by atoms with Crippen LogP contribution in [0.5, 0.6) is 0 Å². The van der Waals surface area contributed by atoms with Crippen LogP contribution in [0.25, 0.3) is 0 Å². The molecule has 0 bridgehead atoms. The average Bonchev–Trinajstić information content (AvgIpc) is 3.64. The Morgan fingerprint density at radius 3 is 2.25 bits per heavy atom. The fourth-order valence-electron chi connectivity index (χ4n) is 6.49. The second kappa shape index (κ2) is 12.2. The number of benzene rings is 2. The Hall–Kier alpha value is -4.41. The van der Waals surface area contributed by atoms with Crippen LogP contribution in [0.1, 0.15) is 58.4 Å². The molecule has 48 heavy (non-hydrogen) atoms. The lowest BCUT2D eigenvalue weighted by Gasteiger charge is -2.38. The van der Waals surface area contributed by atoms with Crippen molar-refractivity contribution in [2.45, 2.75) is 63.1 Å². The van der Waals surface area contributed by atoms with Crippen molar-refractivity contribution < 1.29 is 39.9 Å². The monoisotopic (exact) mass is 681 g/mol. The molecule has 6 rings (SSSR count). The summed E-state index contributed by atoms with van der Waals surface area (Å²) < 4.78 is 109. The molecule has 256 valence electrons. The maximum absolute atomic E-state index is 15.0. The summed E-state index contributed by atoms with van der Waals surface area (Å²) in [4.78, 5) is 29.9. The van der Waals surface area contributed by atoms with Crippen LogP contribution >= 0.6 is 0 Å². The van der Waals surface area contributed by atoms with Gasteiger partial charge in [-0.1, -0.05) is 18.2 Å². The molecule has 4 N–H and O–H groups in total. The molecule has 2 aliphatic heterocycles. The highest BCUT2D eigenvalue weighted by Crippen LogP contribution is 2.43. The van der Waals surface area contributed by atoms with Gasteiger partial charge in [0.25, 0.3) is 5.56 Å². The number of nitrogens with two attached hydrogens (primary N) is 2. The summed E-state index contributed by atoms with van der Waals surface area (Å²) in [6.07, 6.45) is -9.25. The number of furan rings is 1. The van der Waals surface area contributed by atoms with Crippen molar-refractivity contribution in [3.8, 4) is 0 Å². The van der Waals surface area contributed by atoms with E-state index in [1.54, 1.807) is 24.3 Å². The minimum atomic E-state index is -4.94. The summed E-state index contributed by atoms with van der Waals surface area (Å²) in [5, 5.41) is 0. The Morgan fingerprint density at radius 1 is 0.896 bits per heavy atom. The lowest BCUT2D eigenvalue weighted by Crippen LogP contribution is -2.49. The number of hydrogen-bond donors (Lipinski definition) is 2. The van der Waals surface area contributed by atoms with E-state index in [-0.39, 0.29) is 62.6 Å². The third-order valence-corrected chi connectivity index (χ3v) is 8.92. The molecule has 0 saturated carbocycles. The first-order chi connectivity index (χ1) is 22.6. The lowest BCUT2D eigenvalue weighted by atomic mass is 9.85. The summed E-state index contributed by atoms with van der Waals surface area (Å²) in [7, 11) is 0. The van der Waals surface area contributed by atoms with Crippen LogP contribution in [-0.4, -0.2) is 27.1 Å². The van der Waals surface area contributed by atoms with Crippen molar-refractivity contribution in [3.05, 3.63) is 121 Å². The fourth-order valence-corrected chi connectivity index (χ4v) is 6.49. The van der Waals surface area contributed by atoms with Crippen molar-refractivity contribution in [3.63, 3.8) is 0 Å². The number of nitrogens with zero attached hydrogens (tertiary/aromatic N) is 3. The molecule has 1 fully saturated rings. The zero-order chi connectivity index (χ0) is 34.6. The predicted molar refractivity (Wildman–Crippen MR) is 158 cm³/mol. The van der Waals surface area contributed by atoms with Crippen LogP contribution < -0.4 is 22.7 Å². The molecule has 2 aromatic heterocycles. The number of anilines is 1. The fraction of sp³-hybridized carbons (Fsp3) is 0.375. The number of rotatable bonds is 7. The first-order valence-electron chi connectivity index (χ1n) is 14.9. The molecule has 1 unspecified atom stereocenters. The highest BCUT2D eigenvalue weighted by molar-refractivity contribution is 5.42. The number of alkyl halides is 6. The average molecular weight is 682 g/mol. The Labute approximate surface area is 268 Å². The number of nitrogen functional groups attached to an aromatic ring is 1. The minimum Gasteiger partial charge on any atom is -0.455 e. The number of fused-ring (bicyclic) bond motifs is 2. The van der Waals surface area contributed by atoms with Gasteiger partial charge < -0.3 is 20.6 Å². The number of aromatic nitrogens is 2. The maximum Gasteiger partial charge on any atom is 0.449 e. The summed E-state index contributed by atoms with van der Waals surface area (Å²) in [5.41, 5.74) is 8.13. The molecular formula is C32H30F7N5O4. The molecule has 4 aromatic rings. The quantitative estimate of drug-likeness (QED) is 0.205. The van der Waals surface area contributed by atoms with E-state index in [0.29, 0.717) is 17.3 Å². The molecule has 0 radical (unpaired) electrons. The van der Waals surface area contributed by atoms with Gasteiger partial charge in [0.15, 0.2) is 0 Å². The highest BCUT2D eigenvalue weighted by Gasteiger charge is 2.47. The predicted octanol–water partition coefficient (Wildman–Crippen LogP) is 5.13. The van der Waals surface area contributed by atoms with Crippen molar-refractivity contribution in [2.75, 3.05) is 18.8 Å². The summed E-state index contributed by atoms with van der Waals surface area (Å²) in [5.74, 6) is -2.23. The summed E-state index contributed by atoms with van der Waals surface area (Å²) in [6.45, 7) is -0.999. The molecule has 0 amide bonds. The summed E-state index contributed by atoms with van der Waals surface area (Å²) >= 11 is 0. The van der Waals surface area contributed by atoms with Gasteiger partial charge in [-0.2, -0.15) is 26.3 Å². The van der Waals surface area contributed by atoms with Crippen LogP contribution in [0.3, 0.4) is 0 Å². The van der Waals surface area contributed by atoms with Crippen LogP contribution in [0, 0.1) is 5.82 Å². The van der Waals surface area contributed by atoms with Gasteiger partial charge >= 0.3 is 18.0 Å². The Kier molecular flexibility index (Phi) is 8.54. The normalized spacial score (nSPS) is 17.2. The SMILES string of the molecule is Nc1cccc(C(N)Cn2c(=O)c3c(n(Cc4c(F)cccc4C(F)(F)F)c2=O)COC32CCN(Cc3ccc(C(F)(F)F)o3)CC2)c1. The number of likely N-dealkylation sites (tertiary alicyclic amines) is 1. The van der Waals surface area contributed by atoms with E-state index in [1.165, 1.54) is 6.07 Å². The second-order valence-electron chi connectivity index (χ2n) is 12.0. The van der Waals surface area contributed by atoms with Crippen LogP contribution in [-0.2, 0) is 48.9 Å². The van der Waals surface area contributed by atoms with Gasteiger partial charge in [-0.15, -0.1) is 0 Å². The standard InChI is InChI=1S/C32H30F7N5O4/c33-23-6-2-5-22(31(34,35)36)21(23)15-43-25-17-47-30(9-11-42(12-10-30)14-20-7-8-26(48-20)32(37,38)39)27(25)28(45)44(29(43)46)16-24(41)18-3-1-4-19(40)13-18/h1-8,13,24H,9-12,14-17,40-41H2. The largest absolute Gasteiger partial charge is 0.455 e. The van der Waals surface area contributed by atoms with Crippen molar-refractivity contribution in [1.29, 1.82) is 0 Å². The Balaban J connectivity index is 1.39. The molecule has 4 heterocycles. The van der Waals surface area contributed by atoms with Crippen molar-refractivity contribution in [2.24, 2.45) is 5.73 Å². The third kappa shape index (κ3) is 6.26. The zero-order valence-electron chi connectivity index (χ0n) is 25.2. The first-order valence-corrected chi connectivity index (χ1v) is 14.9. The number of piperidine rings is 1. The van der Waals surface area contributed by atoms with E-state index in [9.17, 15) is 35.9 Å². The molecule has 0 aliphatic carbocycles. The van der Waals surface area contributed by atoms with Crippen LogP contribution in [0.15, 0.2) is 68.6 Å². The van der Waals surface area contributed by atoms with E-state index >= 15 is 4.39 Å². The van der Waals surface area contributed by atoms with Gasteiger partial charge in [0.2, 0.25) is 5.76 Å². The Morgan fingerprint density at radius 2 is 1.60 bits per heavy atom. The minimum absolute atomic E-state index is 0.0180. The molecule has 9 nitrogen and oxygen atoms in total. The van der Waals surface area contributed by atoms with E-state index in [2.05, 4.69) is 0 Å². The maximum atomic E-state index is 15.0. The van der Waals surface area contributed by atoms with Gasteiger partial charge in [0.1, 0.15) is 17.2 Å². The van der Waals surface area contributed by atoms with Gasteiger partial charge in [-0.25, -0.2) is 9.18 Å². The topological polar surface area (TPSA) is 122 Å². The van der Waals surface area contributed by atoms with Crippen LogP contribution in [0.4, 0.5) is 36.4 Å². The van der Waals surface area contributed by atoms with E-state index in [1.807, 2.05) is 4.90 Å². The third-order valence-electron chi connectivity index (χ3n) is 8.92. The van der Waals surface area contributed by atoms with E-state index in [0.717, 1.165) is 27.3 Å².